The largest absolute Gasteiger partial charge is 0.370 e. The number of hydrogen-bond acceptors (Lipinski definition) is 2. The Labute approximate surface area is 155 Å². The molecule has 1 fully saturated rings. The molecular weight excluding hydrogens is 322 g/mol. The Bertz CT molecular complexity index is 827. The second-order valence-corrected chi connectivity index (χ2v) is 8.03. The van der Waals surface area contributed by atoms with E-state index in [0.29, 0.717) is 5.92 Å². The summed E-state index contributed by atoms with van der Waals surface area (Å²) >= 11 is 0. The molecule has 0 bridgehead atoms. The van der Waals surface area contributed by atoms with Gasteiger partial charge in [-0.1, -0.05) is 56.3 Å². The second-order valence-electron chi connectivity index (χ2n) is 8.03. The van der Waals surface area contributed by atoms with Gasteiger partial charge in [0, 0.05) is 13.0 Å². The summed E-state index contributed by atoms with van der Waals surface area (Å²) in [7, 11) is 0. The molecule has 3 heteroatoms. The van der Waals surface area contributed by atoms with Crippen molar-refractivity contribution in [1.82, 2.24) is 5.32 Å². The Balaban J connectivity index is 1.60. The van der Waals surface area contributed by atoms with Crippen molar-refractivity contribution in [3.63, 3.8) is 0 Å². The molecule has 0 saturated carbocycles. The fourth-order valence-electron chi connectivity index (χ4n) is 4.37. The molecule has 0 radical (unpaired) electrons. The summed E-state index contributed by atoms with van der Waals surface area (Å²) in [6.45, 7) is 5.98. The standard InChI is InChI=1S/C23H27NO2/c1-14(2)22-12-19(24-15(3)25)13-23(26-22)17-8-9-21-18(11-17)10-16-6-4-5-7-20(16)21/h4-9,11,14,19,22-23H,10,12-13H2,1-3H3,(H,24,25)/t19-,22-,23+/m1/s1. The van der Waals surface area contributed by atoms with E-state index >= 15 is 0 Å². The minimum Gasteiger partial charge on any atom is -0.370 e. The normalized spacial score (nSPS) is 24.2. The highest BCUT2D eigenvalue weighted by molar-refractivity contribution is 5.77. The van der Waals surface area contributed by atoms with Crippen LogP contribution in [-0.4, -0.2) is 18.1 Å². The van der Waals surface area contributed by atoms with E-state index in [2.05, 4.69) is 61.6 Å². The molecule has 2 aromatic carbocycles. The Morgan fingerprint density at radius 3 is 2.62 bits per heavy atom. The van der Waals surface area contributed by atoms with Crippen molar-refractivity contribution in [2.45, 2.75) is 58.3 Å². The van der Waals surface area contributed by atoms with Crippen LogP contribution in [0.2, 0.25) is 0 Å². The van der Waals surface area contributed by atoms with E-state index in [0.717, 1.165) is 19.3 Å². The van der Waals surface area contributed by atoms with Gasteiger partial charge in [-0.25, -0.2) is 0 Å². The van der Waals surface area contributed by atoms with Crippen molar-refractivity contribution in [1.29, 1.82) is 0 Å². The van der Waals surface area contributed by atoms with Gasteiger partial charge in [-0.05, 0) is 53.0 Å². The average Bonchev–Trinajstić information content (AvgIpc) is 2.98. The van der Waals surface area contributed by atoms with Crippen molar-refractivity contribution in [2.24, 2.45) is 5.92 Å². The lowest BCUT2D eigenvalue weighted by molar-refractivity contribution is -0.123. The first-order valence-electron chi connectivity index (χ1n) is 9.65. The van der Waals surface area contributed by atoms with E-state index in [9.17, 15) is 4.79 Å². The lowest BCUT2D eigenvalue weighted by Gasteiger charge is -2.38. The first-order chi connectivity index (χ1) is 12.5. The number of carbonyl (C=O) groups is 1. The molecule has 1 amide bonds. The van der Waals surface area contributed by atoms with Crippen molar-refractivity contribution in [2.75, 3.05) is 0 Å². The lowest BCUT2D eigenvalue weighted by atomic mass is 9.89. The van der Waals surface area contributed by atoms with Crippen LogP contribution >= 0.6 is 0 Å². The van der Waals surface area contributed by atoms with Crippen LogP contribution < -0.4 is 5.32 Å². The third-order valence-corrected chi connectivity index (χ3v) is 5.69. The van der Waals surface area contributed by atoms with E-state index < -0.39 is 0 Å². The van der Waals surface area contributed by atoms with E-state index in [1.54, 1.807) is 6.92 Å². The van der Waals surface area contributed by atoms with Gasteiger partial charge in [-0.15, -0.1) is 0 Å². The van der Waals surface area contributed by atoms with Gasteiger partial charge in [0.25, 0.3) is 0 Å². The first-order valence-corrected chi connectivity index (χ1v) is 9.65. The summed E-state index contributed by atoms with van der Waals surface area (Å²) in [5, 5.41) is 3.11. The van der Waals surface area contributed by atoms with Gasteiger partial charge in [0.2, 0.25) is 5.91 Å². The molecule has 136 valence electrons. The first kappa shape index (κ1) is 17.3. The maximum atomic E-state index is 11.6. The van der Waals surface area contributed by atoms with Gasteiger partial charge >= 0.3 is 0 Å². The molecule has 2 aliphatic rings. The molecule has 3 nitrogen and oxygen atoms in total. The number of ether oxygens (including phenoxy) is 1. The Hall–Kier alpha value is -2.13. The van der Waals surface area contributed by atoms with Gasteiger partial charge in [0.1, 0.15) is 0 Å². The topological polar surface area (TPSA) is 38.3 Å². The molecule has 0 unspecified atom stereocenters. The van der Waals surface area contributed by atoms with Gasteiger partial charge in [-0.3, -0.25) is 4.79 Å². The number of amides is 1. The number of fused-ring (bicyclic) bond motifs is 3. The van der Waals surface area contributed by atoms with Crippen LogP contribution in [0.25, 0.3) is 11.1 Å². The van der Waals surface area contributed by atoms with Crippen LogP contribution in [0.15, 0.2) is 42.5 Å². The van der Waals surface area contributed by atoms with Gasteiger partial charge < -0.3 is 10.1 Å². The predicted octanol–water partition coefficient (Wildman–Crippen LogP) is 4.64. The van der Waals surface area contributed by atoms with Gasteiger partial charge in [0.05, 0.1) is 12.2 Å². The SMILES string of the molecule is CC(=O)N[C@H]1C[C@@H](c2ccc3c(c2)Cc2ccccc2-3)O[C@@H](C(C)C)C1. The zero-order chi connectivity index (χ0) is 18.3. The zero-order valence-electron chi connectivity index (χ0n) is 15.8. The molecule has 1 saturated heterocycles. The maximum absolute atomic E-state index is 11.6. The second kappa shape index (κ2) is 6.88. The number of hydrogen-bond donors (Lipinski definition) is 1. The van der Waals surface area contributed by atoms with Crippen molar-refractivity contribution < 1.29 is 9.53 Å². The molecule has 2 aromatic rings. The molecule has 4 rings (SSSR count). The molecule has 3 atom stereocenters. The highest BCUT2D eigenvalue weighted by Crippen LogP contribution is 2.40. The highest BCUT2D eigenvalue weighted by Gasteiger charge is 2.33. The summed E-state index contributed by atoms with van der Waals surface area (Å²) in [4.78, 5) is 11.6. The maximum Gasteiger partial charge on any atom is 0.217 e. The van der Waals surface area contributed by atoms with Crippen LogP contribution in [0, 0.1) is 5.92 Å². The molecule has 1 heterocycles. The van der Waals surface area contributed by atoms with E-state index in [1.807, 2.05) is 0 Å². The summed E-state index contributed by atoms with van der Waals surface area (Å²) in [5.74, 6) is 0.482. The third-order valence-electron chi connectivity index (χ3n) is 5.69. The minimum atomic E-state index is 0.0435. The number of nitrogens with one attached hydrogen (secondary N) is 1. The molecule has 1 aliphatic heterocycles. The average molecular weight is 349 g/mol. The monoisotopic (exact) mass is 349 g/mol. The van der Waals surface area contributed by atoms with Crippen LogP contribution in [0.3, 0.4) is 0 Å². The number of carbonyl (C=O) groups excluding carboxylic acids is 1. The van der Waals surface area contributed by atoms with Crippen molar-refractivity contribution >= 4 is 5.91 Å². The Morgan fingerprint density at radius 2 is 1.85 bits per heavy atom. The van der Waals surface area contributed by atoms with Crippen LogP contribution in [-0.2, 0) is 16.0 Å². The number of benzene rings is 2. The fourth-order valence-corrected chi connectivity index (χ4v) is 4.37. The third kappa shape index (κ3) is 3.28. The molecule has 1 aliphatic carbocycles. The van der Waals surface area contributed by atoms with Gasteiger partial charge in [0.15, 0.2) is 0 Å². The van der Waals surface area contributed by atoms with E-state index in [1.165, 1.54) is 27.8 Å². The molecule has 0 spiro atoms. The van der Waals surface area contributed by atoms with Crippen LogP contribution in [0.1, 0.15) is 56.4 Å². The Morgan fingerprint density at radius 1 is 1.08 bits per heavy atom. The summed E-state index contributed by atoms with van der Waals surface area (Å²) in [6.07, 6.45) is 2.95. The van der Waals surface area contributed by atoms with Crippen LogP contribution in [0.5, 0.6) is 0 Å². The smallest absolute Gasteiger partial charge is 0.217 e. The summed E-state index contributed by atoms with van der Waals surface area (Å²) in [5.41, 5.74) is 6.72. The van der Waals surface area contributed by atoms with Gasteiger partial charge in [-0.2, -0.15) is 0 Å². The number of rotatable bonds is 3. The quantitative estimate of drug-likeness (QED) is 0.748. The van der Waals surface area contributed by atoms with Crippen LogP contribution in [0.4, 0.5) is 0 Å². The molecule has 0 aromatic heterocycles. The lowest BCUT2D eigenvalue weighted by Crippen LogP contribution is -2.43. The van der Waals surface area contributed by atoms with Crippen molar-refractivity contribution in [3.8, 4) is 11.1 Å². The fraction of sp³-hybridized carbons (Fsp3) is 0.435. The Kier molecular flexibility index (Phi) is 4.58. The van der Waals surface area contributed by atoms with E-state index in [4.69, 9.17) is 4.74 Å². The molecular formula is C23H27NO2. The van der Waals surface area contributed by atoms with E-state index in [-0.39, 0.29) is 24.2 Å². The molecule has 26 heavy (non-hydrogen) atoms. The summed E-state index contributed by atoms with van der Waals surface area (Å²) < 4.78 is 6.43. The van der Waals surface area contributed by atoms with Crippen molar-refractivity contribution in [3.05, 3.63) is 59.2 Å². The highest BCUT2D eigenvalue weighted by atomic mass is 16.5. The summed E-state index contributed by atoms with van der Waals surface area (Å²) in [6, 6.07) is 15.6. The molecule has 1 N–H and O–H groups in total. The predicted molar refractivity (Wildman–Crippen MR) is 104 cm³/mol. The zero-order valence-corrected chi connectivity index (χ0v) is 15.8. The minimum absolute atomic E-state index is 0.0435.